The molecule has 0 spiro atoms. The number of rotatable bonds is 2. The molecule has 96 valence electrons. The fourth-order valence-electron chi connectivity index (χ4n) is 1.62. The number of hydrogen-bond acceptors (Lipinski definition) is 2. The Morgan fingerprint density at radius 2 is 2.06 bits per heavy atom. The van der Waals surface area contributed by atoms with Gasteiger partial charge in [0, 0.05) is 10.6 Å². The Balaban J connectivity index is 2.58. The lowest BCUT2D eigenvalue weighted by Crippen LogP contribution is -2.33. The summed E-state index contributed by atoms with van der Waals surface area (Å²) in [6.45, 7) is 0. The summed E-state index contributed by atoms with van der Waals surface area (Å²) in [6, 6.07) is 2.73. The van der Waals surface area contributed by atoms with Gasteiger partial charge in [0.25, 0.3) is 6.43 Å². The summed E-state index contributed by atoms with van der Waals surface area (Å²) < 4.78 is 30.4. The molecular formula is C11H6Cl2F2O3. The predicted octanol–water partition coefficient (Wildman–Crippen LogP) is 3.49. The second kappa shape index (κ2) is 4.74. The van der Waals surface area contributed by atoms with Gasteiger partial charge in [-0.1, -0.05) is 23.2 Å². The first-order chi connectivity index (χ1) is 8.40. The molecule has 1 atom stereocenters. The minimum atomic E-state index is -2.97. The zero-order chi connectivity index (χ0) is 13.4. The van der Waals surface area contributed by atoms with E-state index in [1.807, 2.05) is 0 Å². The molecule has 0 saturated carbocycles. The van der Waals surface area contributed by atoms with Crippen molar-refractivity contribution in [3.8, 4) is 5.75 Å². The van der Waals surface area contributed by atoms with Crippen molar-refractivity contribution < 1.29 is 23.4 Å². The number of carboxylic acids is 1. The summed E-state index contributed by atoms with van der Waals surface area (Å²) >= 11 is 11.6. The SMILES string of the molecule is O=C(O)C1=Cc2cc(Cl)cc(Cl)c2OC1C(F)F. The average Bonchev–Trinajstić information content (AvgIpc) is 2.26. The summed E-state index contributed by atoms with van der Waals surface area (Å²) in [6.07, 6.45) is -3.71. The molecule has 0 radical (unpaired) electrons. The average molecular weight is 295 g/mol. The number of carbonyl (C=O) groups is 1. The van der Waals surface area contributed by atoms with Gasteiger partial charge in [0.15, 0.2) is 6.10 Å². The topological polar surface area (TPSA) is 46.5 Å². The summed E-state index contributed by atoms with van der Waals surface area (Å²) in [7, 11) is 0. The molecule has 2 rings (SSSR count). The molecule has 1 N–H and O–H groups in total. The van der Waals surface area contributed by atoms with E-state index in [4.69, 9.17) is 33.0 Å². The fraction of sp³-hybridized carbons (Fsp3) is 0.182. The van der Waals surface area contributed by atoms with Crippen molar-refractivity contribution in [2.45, 2.75) is 12.5 Å². The van der Waals surface area contributed by atoms with E-state index in [0.717, 1.165) is 6.08 Å². The van der Waals surface area contributed by atoms with Crippen molar-refractivity contribution in [3.63, 3.8) is 0 Å². The maximum absolute atomic E-state index is 12.7. The van der Waals surface area contributed by atoms with E-state index >= 15 is 0 Å². The Bertz CT molecular complexity index is 543. The van der Waals surface area contributed by atoms with Crippen LogP contribution in [-0.2, 0) is 4.79 Å². The second-order valence-corrected chi connectivity index (χ2v) is 4.43. The number of aliphatic carboxylic acids is 1. The Morgan fingerprint density at radius 3 is 2.61 bits per heavy atom. The third-order valence-corrected chi connectivity index (χ3v) is 2.87. The molecule has 7 heteroatoms. The lowest BCUT2D eigenvalue weighted by Gasteiger charge is -2.25. The summed E-state index contributed by atoms with van der Waals surface area (Å²) in [5, 5.41) is 9.20. The Labute approximate surface area is 111 Å². The van der Waals surface area contributed by atoms with E-state index in [1.165, 1.54) is 12.1 Å². The van der Waals surface area contributed by atoms with E-state index in [1.54, 1.807) is 0 Å². The van der Waals surface area contributed by atoms with Gasteiger partial charge in [-0.15, -0.1) is 0 Å². The maximum Gasteiger partial charge on any atom is 0.335 e. The lowest BCUT2D eigenvalue weighted by atomic mass is 10.0. The van der Waals surface area contributed by atoms with Crippen molar-refractivity contribution in [3.05, 3.63) is 33.3 Å². The Hall–Kier alpha value is -1.33. The summed E-state index contributed by atoms with van der Waals surface area (Å²) in [5.41, 5.74) is -0.266. The highest BCUT2D eigenvalue weighted by Gasteiger charge is 2.35. The largest absolute Gasteiger partial charge is 0.478 e. The molecule has 1 aromatic rings. The molecular weight excluding hydrogens is 289 g/mol. The van der Waals surface area contributed by atoms with Crippen molar-refractivity contribution >= 4 is 35.2 Å². The van der Waals surface area contributed by atoms with Gasteiger partial charge in [-0.25, -0.2) is 13.6 Å². The normalized spacial score (nSPS) is 18.1. The molecule has 1 unspecified atom stereocenters. The smallest absolute Gasteiger partial charge is 0.335 e. The Morgan fingerprint density at radius 1 is 1.39 bits per heavy atom. The van der Waals surface area contributed by atoms with Crippen LogP contribution in [0, 0.1) is 0 Å². The van der Waals surface area contributed by atoms with E-state index in [2.05, 4.69) is 0 Å². The van der Waals surface area contributed by atoms with Crippen LogP contribution in [0.2, 0.25) is 10.0 Å². The molecule has 0 bridgehead atoms. The number of carboxylic acid groups (broad SMARTS) is 1. The van der Waals surface area contributed by atoms with Crippen LogP contribution in [-0.4, -0.2) is 23.6 Å². The van der Waals surface area contributed by atoms with E-state index in [9.17, 15) is 13.6 Å². The highest BCUT2D eigenvalue weighted by Crippen LogP contribution is 2.39. The lowest BCUT2D eigenvalue weighted by molar-refractivity contribution is -0.134. The molecule has 3 nitrogen and oxygen atoms in total. The van der Waals surface area contributed by atoms with Crippen molar-refractivity contribution in [1.29, 1.82) is 0 Å². The summed E-state index contributed by atoms with van der Waals surface area (Å²) in [4.78, 5) is 10.9. The first-order valence-electron chi connectivity index (χ1n) is 4.79. The Kier molecular flexibility index (Phi) is 3.45. The zero-order valence-corrected chi connectivity index (χ0v) is 10.2. The first kappa shape index (κ1) is 13.1. The third kappa shape index (κ3) is 2.28. The van der Waals surface area contributed by atoms with E-state index in [0.29, 0.717) is 0 Å². The quantitative estimate of drug-likeness (QED) is 0.908. The molecule has 1 aliphatic rings. The van der Waals surface area contributed by atoms with Crippen LogP contribution in [0.1, 0.15) is 5.56 Å². The van der Waals surface area contributed by atoms with Crippen LogP contribution >= 0.6 is 23.2 Å². The summed E-state index contributed by atoms with van der Waals surface area (Å²) in [5.74, 6) is -1.46. The van der Waals surface area contributed by atoms with Gasteiger partial charge in [-0.05, 0) is 18.2 Å². The monoisotopic (exact) mass is 294 g/mol. The van der Waals surface area contributed by atoms with Crippen LogP contribution in [0.3, 0.4) is 0 Å². The minimum absolute atomic E-state index is 0.0105. The van der Waals surface area contributed by atoms with Crippen molar-refractivity contribution in [2.75, 3.05) is 0 Å². The predicted molar refractivity (Wildman–Crippen MR) is 62.5 cm³/mol. The standard InChI is InChI=1S/C11H6Cl2F2O3/c12-5-1-4-2-6(11(16)17)9(10(14)15)18-8(4)7(13)3-5/h1-3,9-10H,(H,16,17). The maximum atomic E-state index is 12.7. The van der Waals surface area contributed by atoms with Crippen LogP contribution in [0.25, 0.3) is 6.08 Å². The molecule has 0 amide bonds. The fourth-order valence-corrected chi connectivity index (χ4v) is 2.18. The van der Waals surface area contributed by atoms with Crippen LogP contribution in [0.5, 0.6) is 5.75 Å². The highest BCUT2D eigenvalue weighted by atomic mass is 35.5. The number of halogens is 4. The first-order valence-corrected chi connectivity index (χ1v) is 5.54. The second-order valence-electron chi connectivity index (χ2n) is 3.58. The molecule has 0 saturated heterocycles. The third-order valence-electron chi connectivity index (χ3n) is 2.38. The number of benzene rings is 1. The minimum Gasteiger partial charge on any atom is -0.478 e. The van der Waals surface area contributed by atoms with Gasteiger partial charge in [0.2, 0.25) is 0 Å². The molecule has 1 aliphatic heterocycles. The van der Waals surface area contributed by atoms with Gasteiger partial charge in [-0.3, -0.25) is 0 Å². The van der Waals surface area contributed by atoms with Gasteiger partial charge in [-0.2, -0.15) is 0 Å². The van der Waals surface area contributed by atoms with Crippen LogP contribution < -0.4 is 4.74 Å². The van der Waals surface area contributed by atoms with Gasteiger partial charge >= 0.3 is 5.97 Å². The molecule has 1 aromatic carbocycles. The molecule has 0 aromatic heterocycles. The molecule has 1 heterocycles. The number of alkyl halides is 2. The highest BCUT2D eigenvalue weighted by molar-refractivity contribution is 6.36. The van der Waals surface area contributed by atoms with Gasteiger partial charge in [0.1, 0.15) is 5.75 Å². The van der Waals surface area contributed by atoms with Crippen molar-refractivity contribution in [2.24, 2.45) is 0 Å². The number of ether oxygens (including phenoxy) is 1. The van der Waals surface area contributed by atoms with Gasteiger partial charge < -0.3 is 9.84 Å². The number of fused-ring (bicyclic) bond motifs is 1. The van der Waals surface area contributed by atoms with Crippen molar-refractivity contribution in [1.82, 2.24) is 0 Å². The molecule has 0 fully saturated rings. The zero-order valence-electron chi connectivity index (χ0n) is 8.66. The molecule has 0 aliphatic carbocycles. The molecule has 18 heavy (non-hydrogen) atoms. The van der Waals surface area contributed by atoms with Crippen LogP contribution in [0.4, 0.5) is 8.78 Å². The van der Waals surface area contributed by atoms with Crippen LogP contribution in [0.15, 0.2) is 17.7 Å². The van der Waals surface area contributed by atoms with Gasteiger partial charge in [0.05, 0.1) is 10.6 Å². The van der Waals surface area contributed by atoms with E-state index < -0.39 is 24.1 Å². The van der Waals surface area contributed by atoms with E-state index in [-0.39, 0.29) is 21.4 Å². The number of hydrogen-bond donors (Lipinski definition) is 1.